The normalized spacial score (nSPS) is 14.5. The number of carbonyl (C=O) groups excluding carboxylic acids is 1. The molecule has 0 aliphatic carbocycles. The fourth-order valence-electron chi connectivity index (χ4n) is 3.44. The molecular weight excluding hydrogens is 561 g/mol. The van der Waals surface area contributed by atoms with Gasteiger partial charge in [-0.2, -0.15) is 0 Å². The predicted molar refractivity (Wildman–Crippen MR) is 150 cm³/mol. The molecule has 36 heavy (non-hydrogen) atoms. The largest absolute Gasteiger partial charge is 0.493 e. The summed E-state index contributed by atoms with van der Waals surface area (Å²) in [5.41, 5.74) is 1.93. The Morgan fingerprint density at radius 1 is 1.17 bits per heavy atom. The summed E-state index contributed by atoms with van der Waals surface area (Å²) in [7, 11) is 1.45. The van der Waals surface area contributed by atoms with Crippen molar-refractivity contribution in [3.8, 4) is 22.6 Å². The van der Waals surface area contributed by atoms with E-state index in [4.69, 9.17) is 50.0 Å². The highest BCUT2D eigenvalue weighted by Gasteiger charge is 2.31. The molecule has 1 fully saturated rings. The molecule has 0 atom stereocenters. The maximum absolute atomic E-state index is 13.0. The number of rotatable bonds is 9. The van der Waals surface area contributed by atoms with Crippen LogP contribution >= 0.6 is 58.5 Å². The van der Waals surface area contributed by atoms with Gasteiger partial charge in [-0.3, -0.25) is 9.69 Å². The number of nitrogens with zero attached hydrogens (tertiary/aromatic N) is 1. The van der Waals surface area contributed by atoms with Gasteiger partial charge in [-0.25, -0.2) is 4.79 Å². The summed E-state index contributed by atoms with van der Waals surface area (Å²) in [4.78, 5) is 27.1. The Morgan fingerprint density at radius 2 is 1.97 bits per heavy atom. The molecule has 1 amide bonds. The van der Waals surface area contributed by atoms with Gasteiger partial charge in [0.25, 0.3) is 5.91 Å². The summed E-state index contributed by atoms with van der Waals surface area (Å²) >= 11 is 20.5. The number of aromatic carboxylic acids is 1. The van der Waals surface area contributed by atoms with Gasteiger partial charge in [-0.05, 0) is 59.8 Å². The zero-order chi connectivity index (χ0) is 25.8. The molecule has 2 heterocycles. The van der Waals surface area contributed by atoms with E-state index in [1.807, 2.05) is 23.6 Å². The number of amides is 1. The van der Waals surface area contributed by atoms with Crippen LogP contribution < -0.4 is 9.47 Å². The molecule has 0 radical (unpaired) electrons. The second-order valence-corrected chi connectivity index (χ2v) is 11.0. The summed E-state index contributed by atoms with van der Waals surface area (Å²) in [6.45, 7) is 0.697. The topological polar surface area (TPSA) is 76.1 Å². The Kier molecular flexibility index (Phi) is 8.58. The molecule has 1 aromatic heterocycles. The summed E-state index contributed by atoms with van der Waals surface area (Å²) in [6, 6.07) is 11.7. The standard InChI is InChI=1S/C25H19Cl2NO5S3/c1-32-21-10-14(24(30)31)3-6-20(21)33-8-2-7-28-23(29)22(36-25(28)34)12-17-9-15(13-35-17)18-5-4-16(26)11-19(18)27/h3-6,9-13H,2,7-8H2,1H3,(H,30,31). The van der Waals surface area contributed by atoms with Crippen LogP contribution in [0.25, 0.3) is 17.2 Å². The maximum atomic E-state index is 13.0. The third-order valence-electron chi connectivity index (χ3n) is 5.20. The summed E-state index contributed by atoms with van der Waals surface area (Å²) in [5, 5.41) is 12.2. The van der Waals surface area contributed by atoms with E-state index in [2.05, 4.69) is 0 Å². The van der Waals surface area contributed by atoms with E-state index in [9.17, 15) is 9.59 Å². The lowest BCUT2D eigenvalue weighted by Crippen LogP contribution is -2.29. The minimum atomic E-state index is -1.05. The highest BCUT2D eigenvalue weighted by Crippen LogP contribution is 2.37. The van der Waals surface area contributed by atoms with Crippen molar-refractivity contribution in [2.45, 2.75) is 6.42 Å². The Balaban J connectivity index is 1.36. The van der Waals surface area contributed by atoms with Gasteiger partial charge in [0.15, 0.2) is 11.5 Å². The lowest BCUT2D eigenvalue weighted by molar-refractivity contribution is -0.122. The quantitative estimate of drug-likeness (QED) is 0.164. The third kappa shape index (κ3) is 6.04. The molecule has 1 aliphatic heterocycles. The van der Waals surface area contributed by atoms with E-state index in [1.54, 1.807) is 23.1 Å². The van der Waals surface area contributed by atoms with Crippen molar-refractivity contribution in [1.29, 1.82) is 0 Å². The Hall–Kier alpha value is -2.56. The van der Waals surface area contributed by atoms with Crippen molar-refractivity contribution in [3.63, 3.8) is 0 Å². The number of ether oxygens (including phenoxy) is 2. The minimum absolute atomic E-state index is 0.109. The number of hydrogen-bond acceptors (Lipinski definition) is 7. The van der Waals surface area contributed by atoms with E-state index >= 15 is 0 Å². The first-order chi connectivity index (χ1) is 17.3. The number of carbonyl (C=O) groups is 2. The molecule has 4 rings (SSSR count). The van der Waals surface area contributed by atoms with Crippen molar-refractivity contribution in [2.24, 2.45) is 0 Å². The molecule has 6 nitrogen and oxygen atoms in total. The van der Waals surface area contributed by atoms with Crippen molar-refractivity contribution in [2.75, 3.05) is 20.3 Å². The molecule has 1 aliphatic rings. The van der Waals surface area contributed by atoms with Crippen molar-refractivity contribution in [1.82, 2.24) is 4.90 Å². The van der Waals surface area contributed by atoms with E-state index < -0.39 is 5.97 Å². The van der Waals surface area contributed by atoms with Crippen molar-refractivity contribution < 1.29 is 24.2 Å². The third-order valence-corrected chi connectivity index (χ3v) is 8.01. The van der Waals surface area contributed by atoms with Gasteiger partial charge in [0.1, 0.15) is 4.32 Å². The second kappa shape index (κ2) is 11.7. The average Bonchev–Trinajstić information content (AvgIpc) is 3.41. The van der Waals surface area contributed by atoms with Crippen LogP contribution in [0.4, 0.5) is 0 Å². The summed E-state index contributed by atoms with van der Waals surface area (Å²) < 4.78 is 11.4. The van der Waals surface area contributed by atoms with Crippen LogP contribution in [0.3, 0.4) is 0 Å². The Morgan fingerprint density at radius 3 is 2.69 bits per heavy atom. The van der Waals surface area contributed by atoms with Crippen LogP contribution in [0.1, 0.15) is 21.7 Å². The molecule has 0 saturated carbocycles. The molecule has 0 bridgehead atoms. The zero-order valence-electron chi connectivity index (χ0n) is 18.8. The molecule has 3 aromatic rings. The monoisotopic (exact) mass is 579 g/mol. The number of carboxylic acids is 1. The van der Waals surface area contributed by atoms with Crippen LogP contribution in [0, 0.1) is 0 Å². The number of benzene rings is 2. The SMILES string of the molecule is COc1cc(C(=O)O)ccc1OCCCN1C(=O)C(=Cc2cc(-c3ccc(Cl)cc3Cl)cs2)SC1=S. The first kappa shape index (κ1) is 26.5. The van der Waals surface area contributed by atoms with Gasteiger partial charge in [-0.1, -0.05) is 53.2 Å². The van der Waals surface area contributed by atoms with Crippen LogP contribution in [0.15, 0.2) is 52.7 Å². The second-order valence-electron chi connectivity index (χ2n) is 7.57. The molecule has 11 heteroatoms. The molecule has 1 N–H and O–H groups in total. The highest BCUT2D eigenvalue weighted by atomic mass is 35.5. The number of methoxy groups -OCH3 is 1. The number of hydrogen-bond donors (Lipinski definition) is 1. The Labute approximate surface area is 231 Å². The van der Waals surface area contributed by atoms with Gasteiger partial charge in [-0.15, -0.1) is 11.3 Å². The molecule has 0 unspecified atom stereocenters. The fourth-order valence-corrected chi connectivity index (χ4v) is 6.17. The predicted octanol–water partition coefficient (Wildman–Crippen LogP) is 7.10. The first-order valence-corrected chi connectivity index (χ1v) is 13.5. The van der Waals surface area contributed by atoms with E-state index in [-0.39, 0.29) is 11.5 Å². The van der Waals surface area contributed by atoms with Crippen LogP contribution in [0.5, 0.6) is 11.5 Å². The van der Waals surface area contributed by atoms with Crippen LogP contribution in [-0.2, 0) is 4.79 Å². The molecule has 0 spiro atoms. The van der Waals surface area contributed by atoms with E-state index in [0.29, 0.717) is 50.3 Å². The average molecular weight is 581 g/mol. The Bertz CT molecular complexity index is 1370. The molecule has 2 aromatic carbocycles. The minimum Gasteiger partial charge on any atom is -0.493 e. The van der Waals surface area contributed by atoms with Gasteiger partial charge < -0.3 is 14.6 Å². The maximum Gasteiger partial charge on any atom is 0.335 e. The zero-order valence-corrected chi connectivity index (χ0v) is 22.8. The molecule has 186 valence electrons. The van der Waals surface area contributed by atoms with Crippen molar-refractivity contribution >= 4 is 80.8 Å². The number of thiophene rings is 1. The van der Waals surface area contributed by atoms with E-state index in [1.165, 1.54) is 42.3 Å². The highest BCUT2D eigenvalue weighted by molar-refractivity contribution is 8.26. The number of carboxylic acid groups (broad SMARTS) is 1. The van der Waals surface area contributed by atoms with Crippen LogP contribution in [0.2, 0.25) is 10.0 Å². The lowest BCUT2D eigenvalue weighted by atomic mass is 10.1. The number of thiocarbonyl (C=S) groups is 1. The van der Waals surface area contributed by atoms with Gasteiger partial charge >= 0.3 is 5.97 Å². The number of thioether (sulfide) groups is 1. The summed E-state index contributed by atoms with van der Waals surface area (Å²) in [6.07, 6.45) is 2.37. The van der Waals surface area contributed by atoms with Gasteiger partial charge in [0, 0.05) is 27.0 Å². The lowest BCUT2D eigenvalue weighted by Gasteiger charge is -2.15. The van der Waals surface area contributed by atoms with Gasteiger partial charge in [0.2, 0.25) is 0 Å². The fraction of sp³-hybridized carbons (Fsp3) is 0.160. The number of halogens is 2. The van der Waals surface area contributed by atoms with Crippen LogP contribution in [-0.4, -0.2) is 46.5 Å². The smallest absolute Gasteiger partial charge is 0.335 e. The molecule has 1 saturated heterocycles. The van der Waals surface area contributed by atoms with E-state index in [0.717, 1.165) is 16.0 Å². The summed E-state index contributed by atoms with van der Waals surface area (Å²) in [5.74, 6) is -0.427. The van der Waals surface area contributed by atoms with Gasteiger partial charge in [0.05, 0.1) is 24.2 Å². The first-order valence-electron chi connectivity index (χ1n) is 10.6. The molecular formula is C25H19Cl2NO5S3. The van der Waals surface area contributed by atoms with Crippen molar-refractivity contribution in [3.05, 3.63) is 73.2 Å².